The highest BCUT2D eigenvalue weighted by Crippen LogP contribution is 2.22. The van der Waals surface area contributed by atoms with Crippen molar-refractivity contribution in [2.75, 3.05) is 0 Å². The van der Waals surface area contributed by atoms with Crippen molar-refractivity contribution in [2.45, 2.75) is 6.92 Å². The quantitative estimate of drug-likeness (QED) is 0.462. The van der Waals surface area contributed by atoms with E-state index in [1.165, 1.54) is 18.3 Å². The van der Waals surface area contributed by atoms with Crippen molar-refractivity contribution in [3.8, 4) is 5.75 Å². The van der Waals surface area contributed by atoms with Gasteiger partial charge in [-0.15, -0.1) is 0 Å². The average molecular weight is 403 g/mol. The van der Waals surface area contributed by atoms with Gasteiger partial charge in [-0.1, -0.05) is 23.2 Å². The van der Waals surface area contributed by atoms with E-state index in [2.05, 4.69) is 31.4 Å². The lowest BCUT2D eigenvalue weighted by molar-refractivity contribution is 0.0954. The van der Waals surface area contributed by atoms with Crippen molar-refractivity contribution >= 4 is 50.8 Å². The zero-order valence-electron chi connectivity index (χ0n) is 11.3. The van der Waals surface area contributed by atoms with Gasteiger partial charge in [-0.25, -0.2) is 10.4 Å². The van der Waals surface area contributed by atoms with Crippen LogP contribution in [0.15, 0.2) is 40.0 Å². The third-order valence-electron chi connectivity index (χ3n) is 2.73. The molecule has 0 bridgehead atoms. The summed E-state index contributed by atoms with van der Waals surface area (Å²) in [6.07, 6.45) is 1.34. The summed E-state index contributed by atoms with van der Waals surface area (Å²) in [5.74, 6) is -0.429. The number of rotatable bonds is 3. The highest BCUT2D eigenvalue weighted by atomic mass is 79.9. The van der Waals surface area contributed by atoms with E-state index < -0.39 is 5.91 Å². The van der Waals surface area contributed by atoms with Gasteiger partial charge in [0.2, 0.25) is 0 Å². The van der Waals surface area contributed by atoms with Gasteiger partial charge in [0.05, 0.1) is 15.7 Å². The fourth-order valence-corrected chi connectivity index (χ4v) is 2.23. The fraction of sp³-hybridized carbons (Fsp3) is 0.0714. The average Bonchev–Trinajstić information content (AvgIpc) is 2.49. The van der Waals surface area contributed by atoms with Crippen molar-refractivity contribution in [2.24, 2.45) is 5.10 Å². The Kier molecular flexibility index (Phi) is 5.39. The maximum atomic E-state index is 12.0. The third-order valence-corrected chi connectivity index (χ3v) is 4.10. The van der Waals surface area contributed by atoms with Gasteiger partial charge < -0.3 is 5.11 Å². The Morgan fingerprint density at radius 3 is 2.77 bits per heavy atom. The summed E-state index contributed by atoms with van der Waals surface area (Å²) < 4.78 is 0.509. The lowest BCUT2D eigenvalue weighted by Crippen LogP contribution is -2.19. The van der Waals surface area contributed by atoms with Crippen molar-refractivity contribution in [3.63, 3.8) is 0 Å². The van der Waals surface area contributed by atoms with Crippen molar-refractivity contribution < 1.29 is 9.90 Å². The molecular formula is C14H10BrCl2N3O2. The van der Waals surface area contributed by atoms with Gasteiger partial charge in [-0.2, -0.15) is 5.10 Å². The number of carbonyl (C=O) groups excluding carboxylic acids is 1. The van der Waals surface area contributed by atoms with Gasteiger partial charge in [0.1, 0.15) is 10.9 Å². The van der Waals surface area contributed by atoms with E-state index in [0.29, 0.717) is 26.3 Å². The van der Waals surface area contributed by atoms with Crippen LogP contribution in [0.1, 0.15) is 22.8 Å². The van der Waals surface area contributed by atoms with Crippen LogP contribution in [0.5, 0.6) is 5.75 Å². The van der Waals surface area contributed by atoms with Crippen LogP contribution in [-0.2, 0) is 0 Å². The standard InChI is InChI=1S/C14H10BrCl2N3O2/c1-7(10-5-9(16)2-3-12(10)21)19-20-14(22)8-4-11(15)13(17)18-6-8/h2-6,21H,1H3,(H,20,22)/b19-7-. The van der Waals surface area contributed by atoms with E-state index in [1.807, 2.05) is 0 Å². The summed E-state index contributed by atoms with van der Waals surface area (Å²) in [5, 5.41) is 14.4. The number of amides is 1. The number of hydrogen-bond donors (Lipinski definition) is 2. The Morgan fingerprint density at radius 1 is 1.36 bits per heavy atom. The Hall–Kier alpha value is -1.63. The predicted octanol–water partition coefficient (Wildman–Crippen LogP) is 4.01. The summed E-state index contributed by atoms with van der Waals surface area (Å²) in [6.45, 7) is 1.64. The molecule has 0 radical (unpaired) electrons. The molecule has 114 valence electrons. The molecule has 22 heavy (non-hydrogen) atoms. The molecule has 2 aromatic rings. The number of hydrazone groups is 1. The molecular weight excluding hydrogens is 393 g/mol. The number of phenols is 1. The Labute approximate surface area is 145 Å². The topological polar surface area (TPSA) is 74.6 Å². The molecule has 0 atom stereocenters. The molecule has 0 aliphatic carbocycles. The van der Waals surface area contributed by atoms with Crippen LogP contribution < -0.4 is 5.43 Å². The molecule has 1 heterocycles. The second-order valence-electron chi connectivity index (χ2n) is 4.30. The van der Waals surface area contributed by atoms with E-state index in [9.17, 15) is 9.90 Å². The summed E-state index contributed by atoms with van der Waals surface area (Å²) in [6, 6.07) is 6.11. The minimum Gasteiger partial charge on any atom is -0.507 e. The zero-order chi connectivity index (χ0) is 16.3. The number of aromatic hydroxyl groups is 1. The van der Waals surface area contributed by atoms with Gasteiger partial charge in [0, 0.05) is 16.8 Å². The first-order valence-corrected chi connectivity index (χ1v) is 7.58. The van der Waals surface area contributed by atoms with Crippen LogP contribution >= 0.6 is 39.1 Å². The highest BCUT2D eigenvalue weighted by molar-refractivity contribution is 9.10. The minimum absolute atomic E-state index is 0.0239. The van der Waals surface area contributed by atoms with E-state index >= 15 is 0 Å². The number of nitrogens with one attached hydrogen (secondary N) is 1. The second-order valence-corrected chi connectivity index (χ2v) is 5.95. The third kappa shape index (κ3) is 3.97. The zero-order valence-corrected chi connectivity index (χ0v) is 14.4. The number of phenolic OH excluding ortho intramolecular Hbond substituents is 1. The fourth-order valence-electron chi connectivity index (χ4n) is 1.60. The number of aromatic nitrogens is 1. The number of pyridine rings is 1. The van der Waals surface area contributed by atoms with Crippen LogP contribution in [0.25, 0.3) is 0 Å². The molecule has 1 aromatic carbocycles. The Balaban J connectivity index is 2.18. The molecule has 0 aliphatic rings. The van der Waals surface area contributed by atoms with Gasteiger partial charge in [-0.3, -0.25) is 4.79 Å². The summed E-state index contributed by atoms with van der Waals surface area (Å²) >= 11 is 14.8. The molecule has 1 aromatic heterocycles. The van der Waals surface area contributed by atoms with Crippen molar-refractivity contribution in [1.29, 1.82) is 0 Å². The molecule has 1 amide bonds. The summed E-state index contributed by atoms with van der Waals surface area (Å²) in [7, 11) is 0. The molecule has 0 spiro atoms. The van der Waals surface area contributed by atoms with Gasteiger partial charge >= 0.3 is 0 Å². The maximum absolute atomic E-state index is 12.0. The maximum Gasteiger partial charge on any atom is 0.272 e. The number of nitrogens with zero attached hydrogens (tertiary/aromatic N) is 2. The first-order chi connectivity index (χ1) is 10.4. The van der Waals surface area contributed by atoms with Crippen LogP contribution in [-0.4, -0.2) is 21.7 Å². The van der Waals surface area contributed by atoms with Crippen LogP contribution in [0, 0.1) is 0 Å². The molecule has 5 nitrogen and oxygen atoms in total. The van der Waals surface area contributed by atoms with E-state index in [-0.39, 0.29) is 10.9 Å². The first kappa shape index (κ1) is 16.7. The lowest BCUT2D eigenvalue weighted by atomic mass is 10.1. The molecule has 2 N–H and O–H groups in total. The second kappa shape index (κ2) is 7.09. The van der Waals surface area contributed by atoms with E-state index in [0.717, 1.165) is 0 Å². The molecule has 0 saturated carbocycles. The molecule has 0 unspecified atom stereocenters. The van der Waals surface area contributed by atoms with Gasteiger partial charge in [0.15, 0.2) is 0 Å². The first-order valence-electron chi connectivity index (χ1n) is 6.03. The van der Waals surface area contributed by atoms with Crippen LogP contribution in [0.4, 0.5) is 0 Å². The number of halogens is 3. The molecule has 2 rings (SSSR count). The van der Waals surface area contributed by atoms with E-state index in [4.69, 9.17) is 23.2 Å². The molecule has 0 fully saturated rings. The van der Waals surface area contributed by atoms with Crippen LogP contribution in [0.3, 0.4) is 0 Å². The smallest absolute Gasteiger partial charge is 0.272 e. The van der Waals surface area contributed by atoms with Gasteiger partial charge in [-0.05, 0) is 47.1 Å². The summed E-state index contributed by atoms with van der Waals surface area (Å²) in [4.78, 5) is 15.8. The number of carbonyl (C=O) groups is 1. The van der Waals surface area contributed by atoms with E-state index in [1.54, 1.807) is 19.1 Å². The largest absolute Gasteiger partial charge is 0.507 e. The minimum atomic E-state index is -0.453. The van der Waals surface area contributed by atoms with Crippen molar-refractivity contribution in [3.05, 3.63) is 56.2 Å². The van der Waals surface area contributed by atoms with Crippen molar-refractivity contribution in [1.82, 2.24) is 10.4 Å². The lowest BCUT2D eigenvalue weighted by Gasteiger charge is -2.06. The molecule has 8 heteroatoms. The Bertz CT molecular complexity index is 766. The SMILES string of the molecule is C/C(=N/NC(=O)c1cnc(Cl)c(Br)c1)c1cc(Cl)ccc1O. The van der Waals surface area contributed by atoms with Gasteiger partial charge in [0.25, 0.3) is 5.91 Å². The molecule has 0 saturated heterocycles. The predicted molar refractivity (Wildman–Crippen MR) is 89.7 cm³/mol. The normalized spacial score (nSPS) is 11.4. The van der Waals surface area contributed by atoms with Crippen LogP contribution in [0.2, 0.25) is 10.2 Å². The summed E-state index contributed by atoms with van der Waals surface area (Å²) in [5.41, 5.74) is 3.52. The monoisotopic (exact) mass is 401 g/mol. The Morgan fingerprint density at radius 2 is 2.09 bits per heavy atom. The molecule has 0 aliphatic heterocycles. The number of hydrogen-bond acceptors (Lipinski definition) is 4. The number of benzene rings is 1. The highest BCUT2D eigenvalue weighted by Gasteiger charge is 2.10.